The first-order chi connectivity index (χ1) is 10.4. The van der Waals surface area contributed by atoms with Gasteiger partial charge in [-0.05, 0) is 50.0 Å². The largest absolute Gasteiger partial charge is 0.461 e. The minimum atomic E-state index is -0.527. The van der Waals surface area contributed by atoms with Crippen LogP contribution in [-0.4, -0.2) is 17.5 Å². The van der Waals surface area contributed by atoms with Gasteiger partial charge in [0.2, 0.25) is 0 Å². The normalized spacial score (nSPS) is 12.4. The molecule has 1 rings (SSSR count). The molecule has 0 saturated carbocycles. The van der Waals surface area contributed by atoms with Gasteiger partial charge in [0.15, 0.2) is 0 Å². The van der Waals surface area contributed by atoms with Gasteiger partial charge in [-0.25, -0.2) is 0 Å². The van der Waals surface area contributed by atoms with Gasteiger partial charge in [0.25, 0.3) is 5.69 Å². The molecule has 0 unspecified atom stereocenters. The molecule has 0 amide bonds. The van der Waals surface area contributed by atoms with Crippen molar-refractivity contribution in [1.29, 1.82) is 0 Å². The summed E-state index contributed by atoms with van der Waals surface area (Å²) in [5.74, 6) is -0.263. The summed E-state index contributed by atoms with van der Waals surface area (Å²) in [7, 11) is 0. The third-order valence-corrected chi connectivity index (χ3v) is 3.26. The molecule has 0 saturated heterocycles. The number of hydrogen-bond donors (Lipinski definition) is 0. The van der Waals surface area contributed by atoms with Crippen molar-refractivity contribution in [2.75, 3.05) is 6.61 Å². The first kappa shape index (κ1) is 18.9. The monoisotopic (exact) mass is 319 g/mol. The second kappa shape index (κ2) is 6.94. The SMILES string of the molecule is CC(C)(C)C(=O)OC/C=C/c1ccc([N+](=O)[O-])c(C(C)(C)C)c1. The van der Waals surface area contributed by atoms with Crippen molar-refractivity contribution in [2.24, 2.45) is 5.41 Å². The molecule has 0 bridgehead atoms. The van der Waals surface area contributed by atoms with Crippen LogP contribution in [0.25, 0.3) is 6.08 Å². The van der Waals surface area contributed by atoms with E-state index in [0.717, 1.165) is 5.56 Å². The van der Waals surface area contributed by atoms with E-state index >= 15 is 0 Å². The molecule has 0 aromatic heterocycles. The average molecular weight is 319 g/mol. The lowest BCUT2D eigenvalue weighted by Gasteiger charge is -2.19. The highest BCUT2D eigenvalue weighted by molar-refractivity contribution is 5.75. The first-order valence-corrected chi connectivity index (χ1v) is 7.55. The van der Waals surface area contributed by atoms with Gasteiger partial charge >= 0.3 is 5.97 Å². The molecule has 0 aliphatic heterocycles. The lowest BCUT2D eigenvalue weighted by molar-refractivity contribution is -0.386. The van der Waals surface area contributed by atoms with Crippen molar-refractivity contribution in [2.45, 2.75) is 47.0 Å². The van der Waals surface area contributed by atoms with Crippen LogP contribution in [0, 0.1) is 15.5 Å². The van der Waals surface area contributed by atoms with Gasteiger partial charge in [0.1, 0.15) is 6.61 Å². The maximum Gasteiger partial charge on any atom is 0.311 e. The minimum absolute atomic E-state index is 0.119. The van der Waals surface area contributed by atoms with Crippen molar-refractivity contribution >= 4 is 17.7 Å². The molecule has 5 heteroatoms. The van der Waals surface area contributed by atoms with Gasteiger partial charge in [-0.3, -0.25) is 14.9 Å². The third-order valence-electron chi connectivity index (χ3n) is 3.26. The van der Waals surface area contributed by atoms with Gasteiger partial charge < -0.3 is 4.74 Å². The van der Waals surface area contributed by atoms with Crippen LogP contribution in [-0.2, 0) is 14.9 Å². The van der Waals surface area contributed by atoms with Crippen LogP contribution < -0.4 is 0 Å². The van der Waals surface area contributed by atoms with Gasteiger partial charge in [-0.15, -0.1) is 0 Å². The first-order valence-electron chi connectivity index (χ1n) is 7.55. The van der Waals surface area contributed by atoms with Crippen LogP contribution in [0.4, 0.5) is 5.69 Å². The predicted molar refractivity (Wildman–Crippen MR) is 91.2 cm³/mol. The Kier molecular flexibility index (Phi) is 5.70. The molecule has 0 aliphatic carbocycles. The maximum atomic E-state index is 11.7. The lowest BCUT2D eigenvalue weighted by Crippen LogP contribution is -2.22. The minimum Gasteiger partial charge on any atom is -0.461 e. The number of esters is 1. The lowest BCUT2D eigenvalue weighted by atomic mass is 9.85. The molecular formula is C18H25NO4. The average Bonchev–Trinajstić information content (AvgIpc) is 2.40. The quantitative estimate of drug-likeness (QED) is 0.465. The smallest absolute Gasteiger partial charge is 0.311 e. The molecule has 0 fully saturated rings. The van der Waals surface area contributed by atoms with E-state index in [1.165, 1.54) is 6.07 Å². The van der Waals surface area contributed by atoms with E-state index in [1.807, 2.05) is 20.8 Å². The molecule has 0 radical (unpaired) electrons. The summed E-state index contributed by atoms with van der Waals surface area (Å²) in [6.07, 6.45) is 3.53. The number of hydrogen-bond acceptors (Lipinski definition) is 4. The van der Waals surface area contributed by atoms with Crippen LogP contribution in [0.5, 0.6) is 0 Å². The summed E-state index contributed by atoms with van der Waals surface area (Å²) < 4.78 is 5.15. The van der Waals surface area contributed by atoms with Crippen molar-refractivity contribution in [1.82, 2.24) is 0 Å². The fourth-order valence-corrected chi connectivity index (χ4v) is 1.94. The second-order valence-corrected chi connectivity index (χ2v) is 7.53. The zero-order chi connectivity index (χ0) is 17.8. The van der Waals surface area contributed by atoms with Gasteiger partial charge in [-0.2, -0.15) is 0 Å². The standard InChI is InChI=1S/C18H25NO4/c1-17(2,3)14-12-13(9-10-15(14)19(21)22)8-7-11-23-16(20)18(4,5)6/h7-10,12H,11H2,1-6H3/b8-7+. The Labute approximate surface area is 137 Å². The van der Waals surface area contributed by atoms with E-state index < -0.39 is 5.41 Å². The Hall–Kier alpha value is -2.17. The van der Waals surface area contributed by atoms with Crippen molar-refractivity contribution in [3.63, 3.8) is 0 Å². The molecule has 0 heterocycles. The van der Waals surface area contributed by atoms with Crippen LogP contribution >= 0.6 is 0 Å². The Bertz CT molecular complexity index is 619. The number of benzene rings is 1. The number of carbonyl (C=O) groups is 1. The molecule has 0 atom stereocenters. The molecule has 23 heavy (non-hydrogen) atoms. The molecule has 126 valence electrons. The molecule has 5 nitrogen and oxygen atoms in total. The van der Waals surface area contributed by atoms with Crippen LogP contribution in [0.2, 0.25) is 0 Å². The number of nitro groups is 1. The highest BCUT2D eigenvalue weighted by Crippen LogP contribution is 2.32. The number of nitrogens with zero attached hydrogens (tertiary/aromatic N) is 1. The number of ether oxygens (including phenoxy) is 1. The highest BCUT2D eigenvalue weighted by atomic mass is 16.6. The zero-order valence-electron chi connectivity index (χ0n) is 14.7. The van der Waals surface area contributed by atoms with Gasteiger partial charge in [0.05, 0.1) is 10.3 Å². The van der Waals surface area contributed by atoms with E-state index in [0.29, 0.717) is 5.56 Å². The summed E-state index contributed by atoms with van der Waals surface area (Å²) in [6.45, 7) is 11.4. The molecular weight excluding hydrogens is 294 g/mol. The van der Waals surface area contributed by atoms with Crippen molar-refractivity contribution in [3.8, 4) is 0 Å². The molecule has 0 spiro atoms. The summed E-state index contributed by atoms with van der Waals surface area (Å²) in [6, 6.07) is 5.01. The zero-order valence-corrected chi connectivity index (χ0v) is 14.7. The van der Waals surface area contributed by atoms with Crippen molar-refractivity contribution < 1.29 is 14.5 Å². The number of rotatable bonds is 4. The Morgan fingerprint density at radius 3 is 2.30 bits per heavy atom. The summed E-state index contributed by atoms with van der Waals surface area (Å²) in [5.41, 5.74) is 0.781. The van der Waals surface area contributed by atoms with Crippen LogP contribution in [0.3, 0.4) is 0 Å². The van der Waals surface area contributed by atoms with E-state index in [1.54, 1.807) is 45.1 Å². The third kappa shape index (κ3) is 5.51. The van der Waals surface area contributed by atoms with Crippen LogP contribution in [0.1, 0.15) is 52.7 Å². The number of carbonyl (C=O) groups excluding carboxylic acids is 1. The number of nitro benzene ring substituents is 1. The Morgan fingerprint density at radius 2 is 1.83 bits per heavy atom. The van der Waals surface area contributed by atoms with Gasteiger partial charge in [0, 0.05) is 11.6 Å². The molecule has 0 aliphatic rings. The van der Waals surface area contributed by atoms with E-state index in [-0.39, 0.29) is 28.6 Å². The van der Waals surface area contributed by atoms with Crippen LogP contribution in [0.15, 0.2) is 24.3 Å². The molecule has 1 aromatic carbocycles. The summed E-state index contributed by atoms with van der Waals surface area (Å²) in [5, 5.41) is 11.1. The van der Waals surface area contributed by atoms with Gasteiger partial charge in [-0.1, -0.05) is 26.8 Å². The summed E-state index contributed by atoms with van der Waals surface area (Å²) in [4.78, 5) is 22.4. The molecule has 0 N–H and O–H groups in total. The second-order valence-electron chi connectivity index (χ2n) is 7.53. The fraction of sp³-hybridized carbons (Fsp3) is 0.500. The van der Waals surface area contributed by atoms with E-state index in [4.69, 9.17) is 4.74 Å². The van der Waals surface area contributed by atoms with Crippen molar-refractivity contribution in [3.05, 3.63) is 45.5 Å². The Morgan fingerprint density at radius 1 is 1.22 bits per heavy atom. The molecule has 1 aromatic rings. The van der Waals surface area contributed by atoms with E-state index in [2.05, 4.69) is 0 Å². The Balaban J connectivity index is 2.88. The maximum absolute atomic E-state index is 11.7. The predicted octanol–water partition coefficient (Wildman–Crippen LogP) is 4.49. The van der Waals surface area contributed by atoms with E-state index in [9.17, 15) is 14.9 Å². The topological polar surface area (TPSA) is 69.4 Å². The fourth-order valence-electron chi connectivity index (χ4n) is 1.94. The summed E-state index contributed by atoms with van der Waals surface area (Å²) >= 11 is 0. The highest BCUT2D eigenvalue weighted by Gasteiger charge is 2.25.